The first kappa shape index (κ1) is 13.6. The second kappa shape index (κ2) is 5.18. The first-order valence-corrected chi connectivity index (χ1v) is 7.30. The molecule has 3 rings (SSSR count). The lowest BCUT2D eigenvalue weighted by molar-refractivity contribution is 0.319. The van der Waals surface area contributed by atoms with E-state index in [-0.39, 0.29) is 0 Å². The highest BCUT2D eigenvalue weighted by Gasteiger charge is 2.09. The molecule has 21 heavy (non-hydrogen) atoms. The monoisotopic (exact) mass is 298 g/mol. The minimum absolute atomic E-state index is 0.584. The predicted octanol–water partition coefficient (Wildman–Crippen LogP) is 4.45. The van der Waals surface area contributed by atoms with Gasteiger partial charge in [0.1, 0.15) is 0 Å². The fourth-order valence-electron chi connectivity index (χ4n) is 2.34. The molecule has 2 N–H and O–H groups in total. The average molecular weight is 298 g/mol. The Hall–Kier alpha value is -2.40. The molecule has 0 aliphatic rings. The summed E-state index contributed by atoms with van der Waals surface area (Å²) >= 11 is 1.71. The number of benzene rings is 2. The van der Waals surface area contributed by atoms with Crippen molar-refractivity contribution in [3.8, 4) is 0 Å². The maximum Gasteiger partial charge on any atom is 0.0837 e. The highest BCUT2D eigenvalue weighted by atomic mass is 32.1. The van der Waals surface area contributed by atoms with Crippen molar-refractivity contribution >= 4 is 42.9 Å². The minimum Gasteiger partial charge on any atom is -0.411 e. The van der Waals surface area contributed by atoms with Crippen molar-refractivity contribution in [1.82, 2.24) is 0 Å². The minimum atomic E-state index is 0.584. The van der Waals surface area contributed by atoms with Crippen LogP contribution in [0.1, 0.15) is 25.0 Å². The molecule has 0 bridgehead atoms. The Morgan fingerprint density at radius 2 is 1.24 bits per heavy atom. The van der Waals surface area contributed by atoms with E-state index in [4.69, 9.17) is 10.4 Å². The average Bonchev–Trinajstić information content (AvgIpc) is 2.90. The molecule has 0 saturated heterocycles. The van der Waals surface area contributed by atoms with Crippen molar-refractivity contribution < 1.29 is 10.4 Å². The molecule has 0 atom stereocenters. The molecule has 0 amide bonds. The van der Waals surface area contributed by atoms with E-state index in [1.165, 1.54) is 9.40 Å². The van der Waals surface area contributed by atoms with Gasteiger partial charge in [-0.1, -0.05) is 22.4 Å². The fourth-order valence-corrected chi connectivity index (χ4v) is 3.41. The molecule has 4 nitrogen and oxygen atoms in total. The lowest BCUT2D eigenvalue weighted by Gasteiger charge is -2.01. The Morgan fingerprint density at radius 1 is 0.810 bits per heavy atom. The molecule has 0 fully saturated rings. The summed E-state index contributed by atoms with van der Waals surface area (Å²) < 4.78 is 2.35. The van der Waals surface area contributed by atoms with Gasteiger partial charge in [-0.25, -0.2) is 0 Å². The molecule has 0 saturated carbocycles. The number of fused-ring (bicyclic) bond motifs is 3. The summed E-state index contributed by atoms with van der Waals surface area (Å²) in [5.74, 6) is 0. The molecule has 5 heteroatoms. The van der Waals surface area contributed by atoms with Crippen LogP contribution in [0.4, 0.5) is 0 Å². The molecule has 106 valence electrons. The normalized spacial score (nSPS) is 13.2. The van der Waals surface area contributed by atoms with Crippen LogP contribution in [0.15, 0.2) is 46.7 Å². The maximum atomic E-state index is 8.92. The Morgan fingerprint density at radius 3 is 1.62 bits per heavy atom. The summed E-state index contributed by atoms with van der Waals surface area (Å²) in [5.41, 5.74) is 2.95. The molecule has 0 aliphatic carbocycles. The van der Waals surface area contributed by atoms with E-state index in [0.29, 0.717) is 11.4 Å². The van der Waals surface area contributed by atoms with Crippen molar-refractivity contribution in [1.29, 1.82) is 0 Å². The van der Waals surface area contributed by atoms with Crippen LogP contribution in [-0.4, -0.2) is 21.8 Å². The zero-order chi connectivity index (χ0) is 15.0. The number of hydrogen-bond donors (Lipinski definition) is 2. The van der Waals surface area contributed by atoms with Gasteiger partial charge in [0.15, 0.2) is 0 Å². The molecule has 0 aliphatic heterocycles. The predicted molar refractivity (Wildman–Crippen MR) is 87.3 cm³/mol. The zero-order valence-electron chi connectivity index (χ0n) is 11.7. The molecule has 2 aromatic carbocycles. The van der Waals surface area contributed by atoms with E-state index in [2.05, 4.69) is 10.3 Å². The van der Waals surface area contributed by atoms with E-state index in [1.54, 1.807) is 25.2 Å². The molecule has 1 aromatic heterocycles. The van der Waals surface area contributed by atoms with E-state index in [0.717, 1.165) is 21.9 Å². The summed E-state index contributed by atoms with van der Waals surface area (Å²) in [6.45, 7) is 3.54. The fraction of sp³-hybridized carbons (Fsp3) is 0.125. The van der Waals surface area contributed by atoms with Crippen LogP contribution in [0, 0.1) is 0 Å². The number of rotatable bonds is 2. The van der Waals surface area contributed by atoms with E-state index in [1.807, 2.05) is 36.4 Å². The molecule has 0 radical (unpaired) electrons. The third-order valence-corrected chi connectivity index (χ3v) is 4.76. The van der Waals surface area contributed by atoms with Crippen LogP contribution < -0.4 is 0 Å². The molecule has 1 heterocycles. The lowest BCUT2D eigenvalue weighted by atomic mass is 10.0. The summed E-state index contributed by atoms with van der Waals surface area (Å²) in [7, 11) is 0. The van der Waals surface area contributed by atoms with Gasteiger partial charge in [0, 0.05) is 20.2 Å². The van der Waals surface area contributed by atoms with Crippen molar-refractivity contribution in [3.63, 3.8) is 0 Å². The van der Waals surface area contributed by atoms with Gasteiger partial charge < -0.3 is 10.4 Å². The molecule has 0 unspecified atom stereocenters. The van der Waals surface area contributed by atoms with Gasteiger partial charge in [0.25, 0.3) is 0 Å². The van der Waals surface area contributed by atoms with Gasteiger partial charge >= 0.3 is 0 Å². The van der Waals surface area contributed by atoms with Crippen molar-refractivity contribution in [3.05, 3.63) is 47.5 Å². The summed E-state index contributed by atoms with van der Waals surface area (Å²) in [5, 5.41) is 26.6. The van der Waals surface area contributed by atoms with Gasteiger partial charge in [0.2, 0.25) is 0 Å². The van der Waals surface area contributed by atoms with Gasteiger partial charge in [-0.15, -0.1) is 11.3 Å². The molecule has 0 spiro atoms. The van der Waals surface area contributed by atoms with Crippen LogP contribution >= 0.6 is 11.3 Å². The Kier molecular flexibility index (Phi) is 3.35. The van der Waals surface area contributed by atoms with Gasteiger partial charge in [-0.2, -0.15) is 0 Å². The van der Waals surface area contributed by atoms with Gasteiger partial charge in [-0.3, -0.25) is 0 Å². The van der Waals surface area contributed by atoms with E-state index < -0.39 is 0 Å². The van der Waals surface area contributed by atoms with Crippen molar-refractivity contribution in [2.24, 2.45) is 10.3 Å². The summed E-state index contributed by atoms with van der Waals surface area (Å²) in [4.78, 5) is 0. The zero-order valence-corrected chi connectivity index (χ0v) is 12.5. The quantitative estimate of drug-likeness (QED) is 0.417. The number of nitrogens with zero attached hydrogens (tertiary/aromatic N) is 2. The Labute approximate surface area is 125 Å². The second-order valence-corrected chi connectivity index (χ2v) is 5.98. The SMILES string of the molecule is C/C(=N/O)c1ccc2sc3ccc(/C(C)=N\O)cc3c2c1. The van der Waals surface area contributed by atoms with Crippen molar-refractivity contribution in [2.45, 2.75) is 13.8 Å². The smallest absolute Gasteiger partial charge is 0.0837 e. The number of thiophene rings is 1. The highest BCUT2D eigenvalue weighted by Crippen LogP contribution is 2.35. The van der Waals surface area contributed by atoms with E-state index >= 15 is 0 Å². The summed E-state index contributed by atoms with van der Waals surface area (Å²) in [6.07, 6.45) is 0. The van der Waals surface area contributed by atoms with Gasteiger partial charge in [0.05, 0.1) is 11.4 Å². The highest BCUT2D eigenvalue weighted by molar-refractivity contribution is 7.25. The van der Waals surface area contributed by atoms with Crippen molar-refractivity contribution in [2.75, 3.05) is 0 Å². The van der Waals surface area contributed by atoms with Crippen LogP contribution in [0.25, 0.3) is 20.2 Å². The molecule has 3 aromatic rings. The van der Waals surface area contributed by atoms with Crippen LogP contribution in [-0.2, 0) is 0 Å². The summed E-state index contributed by atoms with van der Waals surface area (Å²) in [6, 6.07) is 12.0. The Balaban J connectivity index is 2.31. The van der Waals surface area contributed by atoms with E-state index in [9.17, 15) is 0 Å². The maximum absolute atomic E-state index is 8.92. The standard InChI is InChI=1S/C16H14N2O2S/c1-9(17-19)11-3-5-15-13(7-11)14-8-12(10(2)18-20)4-6-16(14)21-15/h3-8,19-20H,1-2H3/b17-9-,18-10-. The topological polar surface area (TPSA) is 65.2 Å². The van der Waals surface area contributed by atoms with Crippen LogP contribution in [0.5, 0.6) is 0 Å². The largest absolute Gasteiger partial charge is 0.411 e. The second-order valence-electron chi connectivity index (χ2n) is 4.89. The third-order valence-electron chi connectivity index (χ3n) is 3.60. The third kappa shape index (κ3) is 2.25. The number of oxime groups is 2. The molecular weight excluding hydrogens is 284 g/mol. The van der Waals surface area contributed by atoms with Gasteiger partial charge in [-0.05, 0) is 49.2 Å². The lowest BCUT2D eigenvalue weighted by Crippen LogP contribution is -1.94. The number of hydrogen-bond acceptors (Lipinski definition) is 5. The first-order chi connectivity index (χ1) is 10.1. The Bertz CT molecular complexity index is 822. The van der Waals surface area contributed by atoms with Crippen LogP contribution in [0.3, 0.4) is 0 Å². The van der Waals surface area contributed by atoms with Crippen LogP contribution in [0.2, 0.25) is 0 Å². The molecular formula is C16H14N2O2S. The first-order valence-electron chi connectivity index (χ1n) is 6.48.